The second kappa shape index (κ2) is 5.44. The Kier molecular flexibility index (Phi) is 3.90. The highest BCUT2D eigenvalue weighted by Crippen LogP contribution is 2.39. The van der Waals surface area contributed by atoms with Gasteiger partial charge in [0.25, 0.3) is 0 Å². The molecule has 98 valence electrons. The maximum atomic E-state index is 12.9. The number of pyridine rings is 1. The van der Waals surface area contributed by atoms with Gasteiger partial charge < -0.3 is 0 Å². The predicted octanol–water partition coefficient (Wildman–Crippen LogP) is 4.06. The Morgan fingerprint density at radius 3 is 2.53 bits per heavy atom. The van der Waals surface area contributed by atoms with E-state index in [1.54, 1.807) is 18.2 Å². The van der Waals surface area contributed by atoms with E-state index in [9.17, 15) is 18.0 Å². The third kappa shape index (κ3) is 3.35. The van der Waals surface area contributed by atoms with E-state index >= 15 is 0 Å². The Hall–Kier alpha value is -1.82. The molecule has 0 radical (unpaired) electrons. The molecule has 0 saturated heterocycles. The second-order valence-electron chi connectivity index (χ2n) is 3.64. The Labute approximate surface area is 111 Å². The summed E-state index contributed by atoms with van der Waals surface area (Å²) >= 11 is 0.913. The molecule has 0 N–H and O–H groups in total. The number of carbonyl (C=O) groups excluding carboxylic acids is 1. The first kappa shape index (κ1) is 13.6. The molecule has 19 heavy (non-hydrogen) atoms. The average molecular weight is 283 g/mol. The molecule has 2 rings (SSSR count). The fourth-order valence-corrected chi connectivity index (χ4v) is 2.36. The van der Waals surface area contributed by atoms with E-state index in [0.717, 1.165) is 17.8 Å². The fraction of sp³-hybridized carbons (Fsp3) is 0.0769. The van der Waals surface area contributed by atoms with Crippen LogP contribution in [0.4, 0.5) is 13.2 Å². The van der Waals surface area contributed by atoms with Crippen molar-refractivity contribution in [1.82, 2.24) is 4.98 Å². The first-order valence-corrected chi connectivity index (χ1v) is 6.07. The van der Waals surface area contributed by atoms with E-state index in [-0.39, 0.29) is 10.5 Å². The highest BCUT2D eigenvalue weighted by molar-refractivity contribution is 7.99. The van der Waals surface area contributed by atoms with Gasteiger partial charge in [-0.05, 0) is 24.3 Å². The SMILES string of the molecule is O=Cc1ccc(Sc2ccccn2)c(C(F)(F)F)c1. The summed E-state index contributed by atoms with van der Waals surface area (Å²) in [5, 5.41) is 0.465. The summed E-state index contributed by atoms with van der Waals surface area (Å²) in [6.45, 7) is 0. The van der Waals surface area contributed by atoms with Gasteiger partial charge in [0, 0.05) is 16.7 Å². The Bertz CT molecular complexity index is 584. The maximum absolute atomic E-state index is 12.9. The number of hydrogen-bond acceptors (Lipinski definition) is 3. The molecule has 0 amide bonds. The largest absolute Gasteiger partial charge is 0.417 e. The molecule has 0 unspecified atom stereocenters. The average Bonchev–Trinajstić information content (AvgIpc) is 2.39. The lowest BCUT2D eigenvalue weighted by atomic mass is 10.1. The number of hydrogen-bond donors (Lipinski definition) is 0. The molecule has 0 saturated carbocycles. The summed E-state index contributed by atoms with van der Waals surface area (Å²) < 4.78 is 38.8. The zero-order valence-electron chi connectivity index (χ0n) is 9.52. The number of aldehydes is 1. The van der Waals surface area contributed by atoms with Crippen LogP contribution in [0.3, 0.4) is 0 Å². The van der Waals surface area contributed by atoms with Crippen molar-refractivity contribution in [3.8, 4) is 0 Å². The summed E-state index contributed by atoms with van der Waals surface area (Å²) in [5.41, 5.74) is -0.828. The minimum atomic E-state index is -4.50. The number of carbonyl (C=O) groups is 1. The summed E-state index contributed by atoms with van der Waals surface area (Å²) in [6.07, 6.45) is -2.60. The molecule has 0 aliphatic carbocycles. The highest BCUT2D eigenvalue weighted by atomic mass is 32.2. The molecule has 1 heterocycles. The van der Waals surface area contributed by atoms with Crippen molar-refractivity contribution in [3.63, 3.8) is 0 Å². The topological polar surface area (TPSA) is 30.0 Å². The molecule has 0 aliphatic rings. The van der Waals surface area contributed by atoms with Crippen LogP contribution in [0.2, 0.25) is 0 Å². The van der Waals surface area contributed by atoms with Crippen molar-refractivity contribution < 1.29 is 18.0 Å². The lowest BCUT2D eigenvalue weighted by Crippen LogP contribution is -2.07. The van der Waals surface area contributed by atoms with Crippen molar-refractivity contribution in [2.24, 2.45) is 0 Å². The molecule has 1 aromatic heterocycles. The van der Waals surface area contributed by atoms with Crippen LogP contribution in [-0.4, -0.2) is 11.3 Å². The van der Waals surface area contributed by atoms with Gasteiger partial charge in [-0.25, -0.2) is 4.98 Å². The Morgan fingerprint density at radius 2 is 1.95 bits per heavy atom. The van der Waals surface area contributed by atoms with Crippen molar-refractivity contribution in [2.75, 3.05) is 0 Å². The van der Waals surface area contributed by atoms with Crippen LogP contribution in [0.1, 0.15) is 15.9 Å². The normalized spacial score (nSPS) is 11.3. The molecular formula is C13H8F3NOS. The van der Waals surface area contributed by atoms with E-state index in [1.807, 2.05) is 0 Å². The second-order valence-corrected chi connectivity index (χ2v) is 4.70. The van der Waals surface area contributed by atoms with Gasteiger partial charge in [-0.2, -0.15) is 13.2 Å². The van der Waals surface area contributed by atoms with E-state index in [2.05, 4.69) is 4.98 Å². The third-order valence-electron chi connectivity index (χ3n) is 2.30. The number of nitrogens with zero attached hydrogens (tertiary/aromatic N) is 1. The number of benzene rings is 1. The monoisotopic (exact) mass is 283 g/mol. The quantitative estimate of drug-likeness (QED) is 0.795. The van der Waals surface area contributed by atoms with Crippen molar-refractivity contribution in [2.45, 2.75) is 16.1 Å². The van der Waals surface area contributed by atoms with Crippen LogP contribution in [0, 0.1) is 0 Å². The van der Waals surface area contributed by atoms with Gasteiger partial charge >= 0.3 is 6.18 Å². The first-order valence-electron chi connectivity index (χ1n) is 5.26. The van der Waals surface area contributed by atoms with Crippen LogP contribution in [0.5, 0.6) is 0 Å². The van der Waals surface area contributed by atoms with E-state index < -0.39 is 11.7 Å². The molecule has 0 bridgehead atoms. The summed E-state index contributed by atoms with van der Waals surface area (Å²) in [7, 11) is 0. The van der Waals surface area contributed by atoms with Gasteiger partial charge in [0.15, 0.2) is 0 Å². The molecule has 6 heteroatoms. The summed E-state index contributed by atoms with van der Waals surface area (Å²) in [4.78, 5) is 14.6. The number of halogens is 3. The minimum Gasteiger partial charge on any atom is -0.298 e. The van der Waals surface area contributed by atoms with Gasteiger partial charge in [-0.3, -0.25) is 4.79 Å². The van der Waals surface area contributed by atoms with Crippen molar-refractivity contribution in [3.05, 3.63) is 53.7 Å². The molecule has 1 aromatic carbocycles. The molecule has 0 atom stereocenters. The van der Waals surface area contributed by atoms with Crippen molar-refractivity contribution >= 4 is 18.0 Å². The van der Waals surface area contributed by atoms with Gasteiger partial charge in [0.1, 0.15) is 11.3 Å². The lowest BCUT2D eigenvalue weighted by molar-refractivity contribution is -0.139. The van der Waals surface area contributed by atoms with Crippen LogP contribution in [-0.2, 0) is 6.18 Å². The molecule has 0 spiro atoms. The molecule has 2 aromatic rings. The van der Waals surface area contributed by atoms with E-state index in [0.29, 0.717) is 11.3 Å². The van der Waals surface area contributed by atoms with Gasteiger partial charge in [-0.15, -0.1) is 0 Å². The van der Waals surface area contributed by atoms with Crippen LogP contribution in [0.15, 0.2) is 52.5 Å². The van der Waals surface area contributed by atoms with Gasteiger partial charge in [0.05, 0.1) is 5.56 Å². The molecule has 2 nitrogen and oxygen atoms in total. The lowest BCUT2D eigenvalue weighted by Gasteiger charge is -2.12. The zero-order chi connectivity index (χ0) is 13.9. The van der Waals surface area contributed by atoms with Gasteiger partial charge in [0.2, 0.25) is 0 Å². The van der Waals surface area contributed by atoms with Gasteiger partial charge in [-0.1, -0.05) is 23.9 Å². The third-order valence-corrected chi connectivity index (χ3v) is 3.32. The predicted molar refractivity (Wildman–Crippen MR) is 65.2 cm³/mol. The summed E-state index contributed by atoms with van der Waals surface area (Å²) in [6, 6.07) is 8.49. The fourth-order valence-electron chi connectivity index (χ4n) is 1.45. The summed E-state index contributed by atoms with van der Waals surface area (Å²) in [5.74, 6) is 0. The van der Waals surface area contributed by atoms with Crippen LogP contribution >= 0.6 is 11.8 Å². The van der Waals surface area contributed by atoms with Crippen LogP contribution in [0.25, 0.3) is 0 Å². The van der Waals surface area contributed by atoms with E-state index in [4.69, 9.17) is 0 Å². The Morgan fingerprint density at radius 1 is 1.16 bits per heavy atom. The maximum Gasteiger partial charge on any atom is 0.417 e. The highest BCUT2D eigenvalue weighted by Gasteiger charge is 2.34. The van der Waals surface area contributed by atoms with Crippen LogP contribution < -0.4 is 0 Å². The number of alkyl halides is 3. The van der Waals surface area contributed by atoms with E-state index in [1.165, 1.54) is 18.3 Å². The van der Waals surface area contributed by atoms with Crippen molar-refractivity contribution in [1.29, 1.82) is 0 Å². The smallest absolute Gasteiger partial charge is 0.298 e. The zero-order valence-corrected chi connectivity index (χ0v) is 10.3. The molecule has 0 aliphatic heterocycles. The minimum absolute atomic E-state index is 0.00213. The molecular weight excluding hydrogens is 275 g/mol. The molecule has 0 fully saturated rings. The number of rotatable bonds is 3. The Balaban J connectivity index is 2.42. The first-order chi connectivity index (χ1) is 9.00. The standard InChI is InChI=1S/C13H8F3NOS/c14-13(15,16)10-7-9(8-18)4-5-11(10)19-12-3-1-2-6-17-12/h1-8H. The number of aromatic nitrogens is 1.